The zero-order chi connectivity index (χ0) is 11.3. The molecule has 0 aliphatic rings. The van der Waals surface area contributed by atoms with Gasteiger partial charge in [-0.2, -0.15) is 0 Å². The van der Waals surface area contributed by atoms with Crippen LogP contribution in [-0.4, -0.2) is 17.9 Å². The highest BCUT2D eigenvalue weighted by molar-refractivity contribution is 7.98. The molecule has 1 rings (SSSR count). The summed E-state index contributed by atoms with van der Waals surface area (Å²) < 4.78 is 12.9. The summed E-state index contributed by atoms with van der Waals surface area (Å²) in [5.74, 6) is 0.190. The van der Waals surface area contributed by atoms with Gasteiger partial charge in [-0.15, -0.1) is 23.4 Å². The third-order valence-corrected chi connectivity index (χ3v) is 3.05. The molecule has 1 aromatic carbocycles. The van der Waals surface area contributed by atoms with Crippen LogP contribution in [0.2, 0.25) is 0 Å². The lowest BCUT2D eigenvalue weighted by Gasteiger charge is -2.05. The summed E-state index contributed by atoms with van der Waals surface area (Å²) in [6.07, 6.45) is 2.90. The van der Waals surface area contributed by atoms with E-state index in [4.69, 9.17) is 11.6 Å². The molecular formula is C11H12ClFOS. The van der Waals surface area contributed by atoms with E-state index in [0.29, 0.717) is 29.2 Å². The summed E-state index contributed by atoms with van der Waals surface area (Å²) in [6, 6.07) is 4.24. The summed E-state index contributed by atoms with van der Waals surface area (Å²) in [5.41, 5.74) is 0.592. The second-order valence-electron chi connectivity index (χ2n) is 3.06. The van der Waals surface area contributed by atoms with Crippen LogP contribution in [-0.2, 0) is 0 Å². The highest BCUT2D eigenvalue weighted by Gasteiger charge is 2.11. The maximum absolute atomic E-state index is 12.9. The van der Waals surface area contributed by atoms with Gasteiger partial charge in [0.05, 0.1) is 0 Å². The van der Waals surface area contributed by atoms with Crippen molar-refractivity contribution in [2.24, 2.45) is 0 Å². The van der Waals surface area contributed by atoms with Crippen molar-refractivity contribution in [2.45, 2.75) is 17.7 Å². The molecule has 82 valence electrons. The lowest BCUT2D eigenvalue weighted by atomic mass is 10.1. The minimum atomic E-state index is -0.312. The van der Waals surface area contributed by atoms with Gasteiger partial charge in [0.15, 0.2) is 5.78 Å². The maximum Gasteiger partial charge on any atom is 0.164 e. The first-order chi connectivity index (χ1) is 7.19. The molecule has 4 heteroatoms. The predicted molar refractivity (Wildman–Crippen MR) is 62.5 cm³/mol. The van der Waals surface area contributed by atoms with Crippen molar-refractivity contribution < 1.29 is 9.18 Å². The number of alkyl halides is 1. The van der Waals surface area contributed by atoms with Crippen LogP contribution >= 0.6 is 23.4 Å². The van der Waals surface area contributed by atoms with Crippen LogP contribution in [0.3, 0.4) is 0 Å². The van der Waals surface area contributed by atoms with E-state index in [1.165, 1.54) is 30.0 Å². The van der Waals surface area contributed by atoms with Gasteiger partial charge < -0.3 is 0 Å². The fraction of sp³-hybridized carbons (Fsp3) is 0.364. The topological polar surface area (TPSA) is 17.1 Å². The average molecular weight is 247 g/mol. The van der Waals surface area contributed by atoms with E-state index in [1.807, 2.05) is 6.26 Å². The first-order valence-electron chi connectivity index (χ1n) is 4.61. The van der Waals surface area contributed by atoms with Gasteiger partial charge in [-0.1, -0.05) is 0 Å². The first kappa shape index (κ1) is 12.5. The Labute approximate surface area is 98.0 Å². The number of hydrogen-bond acceptors (Lipinski definition) is 2. The molecule has 0 aliphatic heterocycles. The largest absolute Gasteiger partial charge is 0.294 e. The van der Waals surface area contributed by atoms with Crippen molar-refractivity contribution in [1.29, 1.82) is 0 Å². The number of thioether (sulfide) groups is 1. The van der Waals surface area contributed by atoms with Crippen LogP contribution in [0.4, 0.5) is 4.39 Å². The molecule has 1 nitrogen and oxygen atoms in total. The smallest absolute Gasteiger partial charge is 0.164 e. The lowest BCUT2D eigenvalue weighted by molar-refractivity contribution is 0.0979. The molecule has 0 atom stereocenters. The van der Waals surface area contributed by atoms with Crippen LogP contribution in [0.1, 0.15) is 23.2 Å². The van der Waals surface area contributed by atoms with Crippen LogP contribution < -0.4 is 0 Å². The lowest BCUT2D eigenvalue weighted by Crippen LogP contribution is -2.01. The Morgan fingerprint density at radius 3 is 2.87 bits per heavy atom. The minimum Gasteiger partial charge on any atom is -0.294 e. The van der Waals surface area contributed by atoms with Gasteiger partial charge in [0.1, 0.15) is 5.82 Å². The molecule has 0 aromatic heterocycles. The SMILES string of the molecule is CSc1cc(F)ccc1C(=O)CCCCl. The minimum absolute atomic E-state index is 0.0278. The molecule has 0 heterocycles. The van der Waals surface area contributed by atoms with E-state index in [0.717, 1.165) is 0 Å². The Balaban J connectivity index is 2.87. The van der Waals surface area contributed by atoms with Gasteiger partial charge in [0, 0.05) is 22.8 Å². The van der Waals surface area contributed by atoms with Gasteiger partial charge in [-0.05, 0) is 30.9 Å². The van der Waals surface area contributed by atoms with Crippen molar-refractivity contribution in [3.05, 3.63) is 29.6 Å². The second kappa shape index (κ2) is 6.13. The van der Waals surface area contributed by atoms with E-state index in [1.54, 1.807) is 0 Å². The third-order valence-electron chi connectivity index (χ3n) is 2.00. The zero-order valence-electron chi connectivity index (χ0n) is 8.43. The third kappa shape index (κ3) is 3.50. The Bertz CT molecular complexity index is 354. The Morgan fingerprint density at radius 2 is 2.27 bits per heavy atom. The van der Waals surface area contributed by atoms with E-state index in [9.17, 15) is 9.18 Å². The quantitative estimate of drug-likeness (QED) is 0.447. The van der Waals surface area contributed by atoms with Crippen molar-refractivity contribution in [3.8, 4) is 0 Å². The highest BCUT2D eigenvalue weighted by Crippen LogP contribution is 2.23. The molecule has 0 bridgehead atoms. The normalized spacial score (nSPS) is 10.3. The van der Waals surface area contributed by atoms with E-state index in [2.05, 4.69) is 0 Å². The number of carbonyl (C=O) groups excluding carboxylic acids is 1. The molecule has 15 heavy (non-hydrogen) atoms. The van der Waals surface area contributed by atoms with Gasteiger partial charge in [-0.25, -0.2) is 4.39 Å². The Kier molecular flexibility index (Phi) is 5.12. The molecule has 0 fully saturated rings. The van der Waals surface area contributed by atoms with Crippen LogP contribution in [0.5, 0.6) is 0 Å². The average Bonchev–Trinajstić information content (AvgIpc) is 2.25. The first-order valence-corrected chi connectivity index (χ1v) is 6.37. The molecule has 0 aliphatic carbocycles. The summed E-state index contributed by atoms with van der Waals surface area (Å²) in [4.78, 5) is 12.4. The summed E-state index contributed by atoms with van der Waals surface area (Å²) in [5, 5.41) is 0. The summed E-state index contributed by atoms with van der Waals surface area (Å²) >= 11 is 6.89. The molecule has 0 radical (unpaired) electrons. The monoisotopic (exact) mass is 246 g/mol. The summed E-state index contributed by atoms with van der Waals surface area (Å²) in [7, 11) is 0. The van der Waals surface area contributed by atoms with Gasteiger partial charge in [0.2, 0.25) is 0 Å². The molecule has 0 N–H and O–H groups in total. The van der Waals surface area contributed by atoms with Crippen molar-refractivity contribution >= 4 is 29.1 Å². The molecule has 1 aromatic rings. The Morgan fingerprint density at radius 1 is 1.53 bits per heavy atom. The standard InChI is InChI=1S/C11H12ClFOS/c1-15-11-7-8(13)4-5-9(11)10(14)3-2-6-12/h4-5,7H,2-3,6H2,1H3. The molecule has 0 amide bonds. The van der Waals surface area contributed by atoms with Crippen molar-refractivity contribution in [2.75, 3.05) is 12.1 Å². The molecule has 0 saturated heterocycles. The Hall–Kier alpha value is -0.540. The fourth-order valence-electron chi connectivity index (χ4n) is 1.26. The van der Waals surface area contributed by atoms with Crippen LogP contribution in [0.15, 0.2) is 23.1 Å². The number of carbonyl (C=O) groups is 1. The number of hydrogen-bond donors (Lipinski definition) is 0. The molecule has 0 unspecified atom stereocenters. The van der Waals surface area contributed by atoms with Gasteiger partial charge >= 0.3 is 0 Å². The maximum atomic E-state index is 12.9. The zero-order valence-corrected chi connectivity index (χ0v) is 10.00. The molecular weight excluding hydrogens is 235 g/mol. The molecule has 0 spiro atoms. The molecule has 0 saturated carbocycles. The van der Waals surface area contributed by atoms with Gasteiger partial charge in [-0.3, -0.25) is 4.79 Å². The number of rotatable bonds is 5. The van der Waals surface area contributed by atoms with Crippen LogP contribution in [0, 0.1) is 5.82 Å². The highest BCUT2D eigenvalue weighted by atomic mass is 35.5. The van der Waals surface area contributed by atoms with E-state index < -0.39 is 0 Å². The fourth-order valence-corrected chi connectivity index (χ4v) is 2.02. The predicted octanol–water partition coefficient (Wildman–Crippen LogP) is 3.75. The number of halogens is 2. The number of ketones is 1. The van der Waals surface area contributed by atoms with Crippen molar-refractivity contribution in [1.82, 2.24) is 0 Å². The number of Topliss-reactive ketones (excluding diaryl/α,β-unsaturated/α-hetero) is 1. The van der Waals surface area contributed by atoms with Crippen LogP contribution in [0.25, 0.3) is 0 Å². The number of benzene rings is 1. The summed E-state index contributed by atoms with van der Waals surface area (Å²) in [6.45, 7) is 0. The van der Waals surface area contributed by atoms with E-state index >= 15 is 0 Å². The van der Waals surface area contributed by atoms with Gasteiger partial charge in [0.25, 0.3) is 0 Å². The van der Waals surface area contributed by atoms with E-state index in [-0.39, 0.29) is 11.6 Å². The van der Waals surface area contributed by atoms with Crippen molar-refractivity contribution in [3.63, 3.8) is 0 Å². The second-order valence-corrected chi connectivity index (χ2v) is 4.29.